The van der Waals surface area contributed by atoms with E-state index in [0.29, 0.717) is 18.3 Å². The maximum atomic E-state index is 13.7. The minimum Gasteiger partial charge on any atom is -0.378 e. The quantitative estimate of drug-likeness (QED) is 0.471. The first-order chi connectivity index (χ1) is 13.5. The Balaban J connectivity index is 1.71. The number of allylic oxidation sites excluding steroid dienone is 3. The van der Waals surface area contributed by atoms with E-state index >= 15 is 0 Å². The number of methoxy groups -OCH3 is 1. The van der Waals surface area contributed by atoms with Crippen LogP contribution in [0.1, 0.15) is 58.8 Å². The number of hydrogen-bond acceptors (Lipinski definition) is 3. The maximum absolute atomic E-state index is 13.7. The number of hydrogen-bond donors (Lipinski definition) is 1. The zero-order valence-electron chi connectivity index (χ0n) is 17.4. The van der Waals surface area contributed by atoms with Crippen molar-refractivity contribution in [2.75, 3.05) is 7.11 Å². The molecule has 3 unspecified atom stereocenters. The molecule has 0 spiro atoms. The van der Waals surface area contributed by atoms with Gasteiger partial charge in [0, 0.05) is 13.2 Å². The molecule has 4 rings (SSSR count). The zero-order chi connectivity index (χ0) is 21.2. The van der Waals surface area contributed by atoms with Gasteiger partial charge in [0.25, 0.3) is 0 Å². The fourth-order valence-corrected chi connectivity index (χ4v) is 7.44. The van der Waals surface area contributed by atoms with Crippen LogP contribution in [0.5, 0.6) is 0 Å². The lowest BCUT2D eigenvalue weighted by Crippen LogP contribution is -2.61. The van der Waals surface area contributed by atoms with Crippen molar-refractivity contribution in [3.8, 4) is 6.07 Å². The number of halogens is 3. The number of rotatable bonds is 1. The van der Waals surface area contributed by atoms with Crippen LogP contribution >= 0.6 is 0 Å². The van der Waals surface area contributed by atoms with E-state index in [4.69, 9.17) is 10.00 Å². The summed E-state index contributed by atoms with van der Waals surface area (Å²) < 4.78 is 46.4. The Morgan fingerprint density at radius 2 is 1.86 bits per heavy atom. The molecule has 1 N–H and O–H groups in total. The summed E-state index contributed by atoms with van der Waals surface area (Å²) in [5.74, 6) is 1.20. The molecule has 4 aliphatic carbocycles. The van der Waals surface area contributed by atoms with Gasteiger partial charge in [0.15, 0.2) is 0 Å². The topological polar surface area (TPSA) is 53.2 Å². The molecule has 0 aromatic heterocycles. The van der Waals surface area contributed by atoms with Crippen molar-refractivity contribution in [1.29, 1.82) is 5.26 Å². The molecule has 0 radical (unpaired) electrons. The molecule has 0 saturated heterocycles. The third-order valence-corrected chi connectivity index (χ3v) is 9.06. The van der Waals surface area contributed by atoms with E-state index in [0.717, 1.165) is 43.8 Å². The summed E-state index contributed by atoms with van der Waals surface area (Å²) in [6, 6.07) is 2.21. The fraction of sp³-hybridized carbons (Fsp3) is 0.783. The molecule has 4 aliphatic rings. The predicted octanol–water partition coefficient (Wildman–Crippen LogP) is 5.32. The third-order valence-electron chi connectivity index (χ3n) is 9.06. The Bertz CT molecular complexity index is 797. The molecule has 160 valence electrons. The van der Waals surface area contributed by atoms with Gasteiger partial charge < -0.3 is 9.84 Å². The smallest absolute Gasteiger partial charge is 0.378 e. The Morgan fingerprint density at radius 1 is 1.17 bits per heavy atom. The van der Waals surface area contributed by atoms with Crippen molar-refractivity contribution in [2.24, 2.45) is 28.6 Å². The van der Waals surface area contributed by atoms with Crippen molar-refractivity contribution < 1.29 is 23.0 Å². The molecule has 7 atom stereocenters. The first-order valence-corrected chi connectivity index (χ1v) is 10.6. The van der Waals surface area contributed by atoms with E-state index in [1.54, 1.807) is 6.08 Å². The van der Waals surface area contributed by atoms with Crippen LogP contribution in [-0.2, 0) is 4.74 Å². The van der Waals surface area contributed by atoms with Gasteiger partial charge in [-0.2, -0.15) is 18.4 Å². The van der Waals surface area contributed by atoms with Crippen LogP contribution in [0.2, 0.25) is 0 Å². The summed E-state index contributed by atoms with van der Waals surface area (Å²) in [7, 11) is 1.26. The number of ether oxygens (including phenoxy) is 1. The molecule has 3 fully saturated rings. The van der Waals surface area contributed by atoms with E-state index in [1.807, 2.05) is 0 Å². The predicted molar refractivity (Wildman–Crippen MR) is 103 cm³/mol. The second kappa shape index (κ2) is 6.59. The van der Waals surface area contributed by atoms with Gasteiger partial charge in [-0.25, -0.2) is 0 Å². The van der Waals surface area contributed by atoms with Crippen LogP contribution in [0.3, 0.4) is 0 Å². The van der Waals surface area contributed by atoms with E-state index < -0.39 is 17.9 Å². The molecule has 6 heteroatoms. The van der Waals surface area contributed by atoms with E-state index in [2.05, 4.69) is 19.9 Å². The minimum atomic E-state index is -4.76. The number of alkyl halides is 3. The van der Waals surface area contributed by atoms with Crippen molar-refractivity contribution in [3.63, 3.8) is 0 Å². The second-order valence-electron chi connectivity index (χ2n) is 10.0. The summed E-state index contributed by atoms with van der Waals surface area (Å²) in [5, 5.41) is 19.7. The summed E-state index contributed by atoms with van der Waals surface area (Å²) in [4.78, 5) is 0. The standard InChI is InChI=1S/C23H30F3NO2/c1-20-10-8-18-16(17(20)7-5-14(20)9-11-27)6-4-15-12-22(28,23(24,25)26)19(29-3)13-21(15,18)2/h9,12,16-19,28H,4-8,10,13H2,1-3H3/b14-9-/t16?,17-,18-,19-,20?,21?,22-/m0/s1. The molecule has 0 heterocycles. The molecular weight excluding hydrogens is 379 g/mol. The van der Waals surface area contributed by atoms with Gasteiger partial charge in [-0.05, 0) is 79.6 Å². The molecule has 0 bridgehead atoms. The Kier molecular flexibility index (Phi) is 4.76. The van der Waals surface area contributed by atoms with Gasteiger partial charge in [-0.3, -0.25) is 0 Å². The second-order valence-corrected chi connectivity index (χ2v) is 10.0. The van der Waals surface area contributed by atoms with Gasteiger partial charge in [0.2, 0.25) is 5.60 Å². The lowest BCUT2D eigenvalue weighted by molar-refractivity contribution is -0.281. The highest BCUT2D eigenvalue weighted by atomic mass is 19.4. The average molecular weight is 409 g/mol. The third kappa shape index (κ3) is 2.76. The highest BCUT2D eigenvalue weighted by molar-refractivity contribution is 5.34. The Hall–Kier alpha value is -1.32. The normalized spacial score (nSPS) is 48.3. The molecular formula is C23H30F3NO2. The van der Waals surface area contributed by atoms with Crippen molar-refractivity contribution in [2.45, 2.75) is 76.7 Å². The van der Waals surface area contributed by atoms with E-state index in [1.165, 1.54) is 12.7 Å². The van der Waals surface area contributed by atoms with Crippen LogP contribution in [0.25, 0.3) is 0 Å². The SMILES string of the molecule is CO[C@H]1CC2(C)C(=C[C@@]1(O)C(F)(F)F)CCC1[C@@H]2CCC2(C)/C(=C\C#N)CC[C@@H]12. The molecule has 0 aromatic rings. The van der Waals surface area contributed by atoms with Crippen molar-refractivity contribution in [3.05, 3.63) is 23.3 Å². The van der Waals surface area contributed by atoms with Crippen LogP contribution < -0.4 is 0 Å². The van der Waals surface area contributed by atoms with Crippen LogP contribution in [0, 0.1) is 39.9 Å². The summed E-state index contributed by atoms with van der Waals surface area (Å²) >= 11 is 0. The summed E-state index contributed by atoms with van der Waals surface area (Å²) in [6.07, 6.45) is 2.32. The van der Waals surface area contributed by atoms with Gasteiger partial charge in [0.1, 0.15) is 0 Å². The maximum Gasteiger partial charge on any atom is 0.423 e. The first kappa shape index (κ1) is 20.9. The number of fused-ring (bicyclic) bond motifs is 5. The summed E-state index contributed by atoms with van der Waals surface area (Å²) in [6.45, 7) is 4.36. The summed E-state index contributed by atoms with van der Waals surface area (Å²) in [5.41, 5.74) is -1.26. The van der Waals surface area contributed by atoms with Gasteiger partial charge in [-0.1, -0.05) is 25.0 Å². The number of nitrogens with zero attached hydrogens (tertiary/aromatic N) is 1. The van der Waals surface area contributed by atoms with Gasteiger partial charge in [-0.15, -0.1) is 0 Å². The van der Waals surface area contributed by atoms with Crippen LogP contribution in [0.4, 0.5) is 13.2 Å². The monoisotopic (exact) mass is 409 g/mol. The lowest BCUT2D eigenvalue weighted by atomic mass is 9.46. The Morgan fingerprint density at radius 3 is 2.48 bits per heavy atom. The van der Waals surface area contributed by atoms with E-state index in [-0.39, 0.29) is 23.2 Å². The van der Waals surface area contributed by atoms with Gasteiger partial charge >= 0.3 is 6.18 Å². The highest BCUT2D eigenvalue weighted by Gasteiger charge is 2.65. The number of aliphatic hydroxyl groups is 1. The first-order valence-electron chi connectivity index (χ1n) is 10.6. The zero-order valence-corrected chi connectivity index (χ0v) is 17.4. The van der Waals surface area contributed by atoms with E-state index in [9.17, 15) is 18.3 Å². The van der Waals surface area contributed by atoms with Crippen LogP contribution in [-0.4, -0.2) is 30.1 Å². The Labute approximate surface area is 170 Å². The number of nitriles is 1. The average Bonchev–Trinajstić information content (AvgIpc) is 2.98. The van der Waals surface area contributed by atoms with Gasteiger partial charge in [0.05, 0.1) is 12.2 Å². The van der Waals surface area contributed by atoms with Crippen LogP contribution in [0.15, 0.2) is 23.3 Å². The van der Waals surface area contributed by atoms with Crippen molar-refractivity contribution >= 4 is 0 Å². The molecule has 0 amide bonds. The van der Waals surface area contributed by atoms with Crippen molar-refractivity contribution in [1.82, 2.24) is 0 Å². The molecule has 3 nitrogen and oxygen atoms in total. The largest absolute Gasteiger partial charge is 0.423 e. The molecule has 29 heavy (non-hydrogen) atoms. The lowest BCUT2D eigenvalue weighted by Gasteiger charge is -2.59. The highest BCUT2D eigenvalue weighted by Crippen LogP contribution is 2.67. The fourth-order valence-electron chi connectivity index (χ4n) is 7.44. The molecule has 0 aliphatic heterocycles. The molecule has 0 aromatic carbocycles. The molecule has 3 saturated carbocycles. The minimum absolute atomic E-state index is 0.0382.